The summed E-state index contributed by atoms with van der Waals surface area (Å²) in [5, 5.41) is 3.02. The molecule has 1 atom stereocenters. The number of hydrogen-bond donors (Lipinski definition) is 2. The molecule has 0 heterocycles. The van der Waals surface area contributed by atoms with Crippen LogP contribution in [0.15, 0.2) is 18.2 Å². The van der Waals surface area contributed by atoms with Gasteiger partial charge >= 0.3 is 0 Å². The van der Waals surface area contributed by atoms with Crippen LogP contribution in [0.25, 0.3) is 0 Å². The maximum atomic E-state index is 11.9. The molecule has 0 saturated heterocycles. The van der Waals surface area contributed by atoms with Gasteiger partial charge in [-0.05, 0) is 56.4 Å². The molecule has 86 valence electrons. The highest BCUT2D eigenvalue weighted by Crippen LogP contribution is 2.32. The van der Waals surface area contributed by atoms with Crippen molar-refractivity contribution in [3.05, 3.63) is 29.3 Å². The summed E-state index contributed by atoms with van der Waals surface area (Å²) >= 11 is 0. The fourth-order valence-electron chi connectivity index (χ4n) is 1.95. The van der Waals surface area contributed by atoms with Crippen LogP contribution in [-0.4, -0.2) is 11.9 Å². The first-order valence-electron chi connectivity index (χ1n) is 5.74. The number of carbonyl (C=O) groups excluding carboxylic acids is 1. The van der Waals surface area contributed by atoms with E-state index in [0.29, 0.717) is 17.2 Å². The molecule has 0 aromatic heterocycles. The molecule has 1 fully saturated rings. The van der Waals surface area contributed by atoms with Crippen LogP contribution in [0.5, 0.6) is 0 Å². The molecule has 16 heavy (non-hydrogen) atoms. The highest BCUT2D eigenvalue weighted by Gasteiger charge is 2.29. The Morgan fingerprint density at radius 1 is 1.44 bits per heavy atom. The zero-order valence-corrected chi connectivity index (χ0v) is 9.79. The predicted octanol–water partition coefficient (Wildman–Crippen LogP) is 2.11. The van der Waals surface area contributed by atoms with Gasteiger partial charge in [-0.1, -0.05) is 0 Å². The van der Waals surface area contributed by atoms with Crippen LogP contribution in [0.1, 0.15) is 35.7 Å². The minimum absolute atomic E-state index is 0.0187. The van der Waals surface area contributed by atoms with Crippen LogP contribution < -0.4 is 11.1 Å². The third-order valence-corrected chi connectivity index (χ3v) is 3.05. The molecular weight excluding hydrogens is 200 g/mol. The largest absolute Gasteiger partial charge is 0.399 e. The Morgan fingerprint density at radius 2 is 2.12 bits per heavy atom. The average molecular weight is 218 g/mol. The van der Waals surface area contributed by atoms with Gasteiger partial charge in [-0.25, -0.2) is 0 Å². The Bertz CT molecular complexity index is 390. The van der Waals surface area contributed by atoms with E-state index in [-0.39, 0.29) is 11.9 Å². The Balaban J connectivity index is 2.07. The summed E-state index contributed by atoms with van der Waals surface area (Å²) in [7, 11) is 0. The van der Waals surface area contributed by atoms with Gasteiger partial charge in [0.1, 0.15) is 0 Å². The van der Waals surface area contributed by atoms with Gasteiger partial charge in [0.25, 0.3) is 5.91 Å². The summed E-state index contributed by atoms with van der Waals surface area (Å²) in [4.78, 5) is 11.9. The highest BCUT2D eigenvalue weighted by molar-refractivity contribution is 5.95. The third kappa shape index (κ3) is 2.54. The number of carbonyl (C=O) groups is 1. The van der Waals surface area contributed by atoms with E-state index in [1.807, 2.05) is 19.1 Å². The number of rotatable bonds is 3. The first kappa shape index (κ1) is 11.0. The summed E-state index contributed by atoms with van der Waals surface area (Å²) in [6, 6.07) is 5.73. The van der Waals surface area contributed by atoms with E-state index in [2.05, 4.69) is 12.2 Å². The summed E-state index contributed by atoms with van der Waals surface area (Å²) in [6.07, 6.45) is 2.47. The van der Waals surface area contributed by atoms with Crippen molar-refractivity contribution < 1.29 is 4.79 Å². The van der Waals surface area contributed by atoms with E-state index >= 15 is 0 Å². The topological polar surface area (TPSA) is 55.1 Å². The standard InChI is InChI=1S/C13H18N2O/c1-8-5-11(7-12(14)6-8)13(16)15-9(2)10-3-4-10/h5-7,9-10H,3-4,14H2,1-2H3,(H,15,16). The number of nitrogens with two attached hydrogens (primary N) is 1. The van der Waals surface area contributed by atoms with Gasteiger partial charge in [0, 0.05) is 17.3 Å². The minimum atomic E-state index is -0.0187. The second-order valence-electron chi connectivity index (χ2n) is 4.73. The number of anilines is 1. The summed E-state index contributed by atoms with van der Waals surface area (Å²) in [5.41, 5.74) is 8.04. The van der Waals surface area contributed by atoms with Crippen molar-refractivity contribution in [2.24, 2.45) is 5.92 Å². The smallest absolute Gasteiger partial charge is 0.251 e. The molecule has 1 saturated carbocycles. The van der Waals surface area contributed by atoms with Crippen molar-refractivity contribution in [2.45, 2.75) is 32.7 Å². The van der Waals surface area contributed by atoms with Gasteiger partial charge in [-0.2, -0.15) is 0 Å². The van der Waals surface area contributed by atoms with Crippen molar-refractivity contribution in [1.82, 2.24) is 5.32 Å². The molecule has 1 aromatic rings. The number of hydrogen-bond acceptors (Lipinski definition) is 2. The van der Waals surface area contributed by atoms with Crippen molar-refractivity contribution >= 4 is 11.6 Å². The summed E-state index contributed by atoms with van der Waals surface area (Å²) < 4.78 is 0. The summed E-state index contributed by atoms with van der Waals surface area (Å²) in [6.45, 7) is 4.01. The molecule has 1 aromatic carbocycles. The first-order valence-corrected chi connectivity index (χ1v) is 5.74. The number of nitrogen functional groups attached to an aromatic ring is 1. The van der Waals surface area contributed by atoms with Crippen molar-refractivity contribution in [2.75, 3.05) is 5.73 Å². The number of nitrogens with one attached hydrogen (secondary N) is 1. The molecule has 0 spiro atoms. The Morgan fingerprint density at radius 3 is 2.69 bits per heavy atom. The monoisotopic (exact) mass is 218 g/mol. The SMILES string of the molecule is Cc1cc(N)cc(C(=O)NC(C)C2CC2)c1. The molecule has 2 rings (SSSR count). The fourth-order valence-corrected chi connectivity index (χ4v) is 1.95. The van der Waals surface area contributed by atoms with E-state index in [9.17, 15) is 4.79 Å². The zero-order chi connectivity index (χ0) is 11.7. The van der Waals surface area contributed by atoms with Crippen LogP contribution >= 0.6 is 0 Å². The van der Waals surface area contributed by atoms with Crippen LogP contribution in [0.3, 0.4) is 0 Å². The van der Waals surface area contributed by atoms with Crippen LogP contribution in [0.4, 0.5) is 5.69 Å². The maximum Gasteiger partial charge on any atom is 0.251 e. The molecule has 1 aliphatic carbocycles. The molecular formula is C13H18N2O. The molecule has 3 nitrogen and oxygen atoms in total. The van der Waals surface area contributed by atoms with Crippen LogP contribution in [0, 0.1) is 12.8 Å². The van der Waals surface area contributed by atoms with Gasteiger partial charge in [-0.15, -0.1) is 0 Å². The van der Waals surface area contributed by atoms with Crippen molar-refractivity contribution in [1.29, 1.82) is 0 Å². The van der Waals surface area contributed by atoms with E-state index < -0.39 is 0 Å². The highest BCUT2D eigenvalue weighted by atomic mass is 16.1. The lowest BCUT2D eigenvalue weighted by molar-refractivity contribution is 0.0936. The molecule has 0 aliphatic heterocycles. The average Bonchev–Trinajstić information content (AvgIpc) is 2.98. The molecule has 3 heteroatoms. The second kappa shape index (κ2) is 4.16. The molecule has 3 N–H and O–H groups in total. The van der Waals surface area contributed by atoms with E-state index in [0.717, 1.165) is 5.56 Å². The normalized spacial score (nSPS) is 16.9. The van der Waals surface area contributed by atoms with E-state index in [1.54, 1.807) is 6.07 Å². The molecule has 0 radical (unpaired) electrons. The quantitative estimate of drug-likeness (QED) is 0.763. The lowest BCUT2D eigenvalue weighted by Gasteiger charge is -2.13. The lowest BCUT2D eigenvalue weighted by Crippen LogP contribution is -2.34. The van der Waals surface area contributed by atoms with Gasteiger partial charge in [0.2, 0.25) is 0 Å². The summed E-state index contributed by atoms with van der Waals surface area (Å²) in [5.74, 6) is 0.654. The molecule has 0 bridgehead atoms. The second-order valence-corrected chi connectivity index (χ2v) is 4.73. The van der Waals surface area contributed by atoms with Crippen LogP contribution in [-0.2, 0) is 0 Å². The molecule has 1 amide bonds. The van der Waals surface area contributed by atoms with Crippen molar-refractivity contribution in [3.63, 3.8) is 0 Å². The fraction of sp³-hybridized carbons (Fsp3) is 0.462. The van der Waals surface area contributed by atoms with Gasteiger partial charge in [0.05, 0.1) is 0 Å². The number of benzene rings is 1. The molecule has 1 aliphatic rings. The van der Waals surface area contributed by atoms with Crippen LogP contribution in [0.2, 0.25) is 0 Å². The van der Waals surface area contributed by atoms with Gasteiger partial charge in [0.15, 0.2) is 0 Å². The minimum Gasteiger partial charge on any atom is -0.399 e. The molecule has 1 unspecified atom stereocenters. The Labute approximate surface area is 96.0 Å². The first-order chi connectivity index (χ1) is 7.56. The maximum absolute atomic E-state index is 11.9. The zero-order valence-electron chi connectivity index (χ0n) is 9.79. The predicted molar refractivity (Wildman–Crippen MR) is 65.2 cm³/mol. The Hall–Kier alpha value is -1.51. The van der Waals surface area contributed by atoms with Crippen molar-refractivity contribution in [3.8, 4) is 0 Å². The number of aryl methyl sites for hydroxylation is 1. The van der Waals surface area contributed by atoms with Gasteiger partial charge < -0.3 is 11.1 Å². The lowest BCUT2D eigenvalue weighted by atomic mass is 10.1. The van der Waals surface area contributed by atoms with E-state index in [4.69, 9.17) is 5.73 Å². The Kier molecular flexibility index (Phi) is 2.86. The third-order valence-electron chi connectivity index (χ3n) is 3.05. The number of amides is 1. The van der Waals surface area contributed by atoms with E-state index in [1.165, 1.54) is 12.8 Å². The van der Waals surface area contributed by atoms with Gasteiger partial charge in [-0.3, -0.25) is 4.79 Å².